The Balaban J connectivity index is 1.46. The van der Waals surface area contributed by atoms with Crippen LogP contribution in [0.5, 0.6) is 0 Å². The van der Waals surface area contributed by atoms with Gasteiger partial charge >= 0.3 is 13.8 Å². The van der Waals surface area contributed by atoms with Crippen molar-refractivity contribution in [3.8, 4) is 0 Å². The van der Waals surface area contributed by atoms with Gasteiger partial charge in [0.15, 0.2) is 0 Å². The van der Waals surface area contributed by atoms with Crippen LogP contribution >= 0.6 is 7.82 Å². The molecule has 8 heteroatoms. The third kappa shape index (κ3) is 9.65. The van der Waals surface area contributed by atoms with E-state index < -0.39 is 13.8 Å². The van der Waals surface area contributed by atoms with Gasteiger partial charge in [-0.1, -0.05) is 65.2 Å². The quantitative estimate of drug-likeness (QED) is 0.184. The third-order valence-corrected chi connectivity index (χ3v) is 7.24. The van der Waals surface area contributed by atoms with Crippen LogP contribution in [0, 0.1) is 11.8 Å². The van der Waals surface area contributed by atoms with Crippen molar-refractivity contribution < 1.29 is 32.8 Å². The maximum atomic E-state index is 12.7. The van der Waals surface area contributed by atoms with Gasteiger partial charge in [0.2, 0.25) is 0 Å². The average molecular weight is 461 g/mol. The van der Waals surface area contributed by atoms with Crippen LogP contribution in [0.15, 0.2) is 11.3 Å². The number of allylic oxidation sites excluding steroid dienone is 1. The molecule has 7 nitrogen and oxygen atoms in total. The number of esters is 1. The minimum absolute atomic E-state index is 0.104. The molecule has 0 aliphatic carbocycles. The van der Waals surface area contributed by atoms with Gasteiger partial charge in [-0.25, -0.2) is 9.36 Å². The van der Waals surface area contributed by atoms with Crippen LogP contribution in [-0.2, 0) is 27.7 Å². The van der Waals surface area contributed by atoms with Gasteiger partial charge in [0, 0.05) is 0 Å². The maximum Gasteiger partial charge on any atom is 0.529 e. The summed E-state index contributed by atoms with van der Waals surface area (Å²) in [6.07, 6.45) is 11.8. The van der Waals surface area contributed by atoms with Gasteiger partial charge in [-0.05, 0) is 32.1 Å². The highest BCUT2D eigenvalue weighted by Gasteiger charge is 2.42. The van der Waals surface area contributed by atoms with E-state index >= 15 is 0 Å². The first-order chi connectivity index (χ1) is 14.8. The van der Waals surface area contributed by atoms with Crippen LogP contribution in [-0.4, -0.2) is 37.0 Å². The molecule has 2 aliphatic rings. The number of aliphatic hydroxyl groups excluding tert-OH is 1. The number of carbonyl (C=O) groups excluding carboxylic acids is 1. The summed E-state index contributed by atoms with van der Waals surface area (Å²) >= 11 is 0. The second-order valence-electron chi connectivity index (χ2n) is 9.19. The van der Waals surface area contributed by atoms with Crippen molar-refractivity contribution in [2.45, 2.75) is 97.5 Å². The van der Waals surface area contributed by atoms with E-state index in [9.17, 15) is 14.5 Å². The van der Waals surface area contributed by atoms with Crippen molar-refractivity contribution >= 4 is 13.8 Å². The van der Waals surface area contributed by atoms with Gasteiger partial charge in [-0.15, -0.1) is 0 Å². The summed E-state index contributed by atoms with van der Waals surface area (Å²) in [5.74, 6) is 0.179. The highest BCUT2D eigenvalue weighted by molar-refractivity contribution is 7.48. The van der Waals surface area contributed by atoms with E-state index in [2.05, 4.69) is 13.8 Å². The van der Waals surface area contributed by atoms with Crippen molar-refractivity contribution in [1.82, 2.24) is 0 Å². The van der Waals surface area contributed by atoms with Crippen LogP contribution in [0.4, 0.5) is 0 Å². The summed E-state index contributed by atoms with van der Waals surface area (Å²) in [6, 6.07) is 0. The molecule has 31 heavy (non-hydrogen) atoms. The zero-order valence-electron chi connectivity index (χ0n) is 19.5. The van der Waals surface area contributed by atoms with Gasteiger partial charge in [-0.2, -0.15) is 0 Å². The van der Waals surface area contributed by atoms with Crippen molar-refractivity contribution in [2.24, 2.45) is 11.8 Å². The summed E-state index contributed by atoms with van der Waals surface area (Å²) in [5.41, 5.74) is 0.410. The first-order valence-electron chi connectivity index (χ1n) is 12.0. The van der Waals surface area contributed by atoms with Crippen molar-refractivity contribution in [3.63, 3.8) is 0 Å². The molecule has 0 aromatic rings. The van der Waals surface area contributed by atoms with E-state index in [1.54, 1.807) is 6.92 Å². The van der Waals surface area contributed by atoms with Crippen molar-refractivity contribution in [2.75, 3.05) is 19.8 Å². The molecule has 0 unspecified atom stereocenters. The van der Waals surface area contributed by atoms with Gasteiger partial charge in [-0.3, -0.25) is 9.05 Å². The summed E-state index contributed by atoms with van der Waals surface area (Å²) in [6.45, 7) is 6.55. The molecule has 2 aliphatic heterocycles. The summed E-state index contributed by atoms with van der Waals surface area (Å²) < 4.78 is 33.9. The molecule has 0 saturated carbocycles. The molecule has 1 N–H and O–H groups in total. The Morgan fingerprint density at radius 3 is 2.29 bits per heavy atom. The molecule has 0 bridgehead atoms. The number of carbonyl (C=O) groups is 1. The van der Waals surface area contributed by atoms with E-state index in [1.807, 2.05) is 0 Å². The normalized spacial score (nSPS) is 24.7. The van der Waals surface area contributed by atoms with E-state index in [4.69, 9.17) is 18.3 Å². The molecule has 180 valence electrons. The zero-order chi connectivity index (χ0) is 22.7. The fraction of sp³-hybridized carbons (Fsp3) is 0.870. The van der Waals surface area contributed by atoms with Gasteiger partial charge < -0.3 is 14.4 Å². The number of phosphoric ester groups is 1. The molecule has 2 rings (SSSR count). The number of cyclic esters (lactones) is 1. The number of unbranched alkanes of at least 4 members (excludes halogenated alkanes) is 8. The van der Waals surface area contributed by atoms with Crippen molar-refractivity contribution in [1.29, 1.82) is 0 Å². The molecule has 0 radical (unpaired) electrons. The fourth-order valence-electron chi connectivity index (χ4n) is 4.11. The van der Waals surface area contributed by atoms with Gasteiger partial charge in [0.05, 0.1) is 30.8 Å². The van der Waals surface area contributed by atoms with Gasteiger partial charge in [0.1, 0.15) is 12.4 Å². The third-order valence-electron chi connectivity index (χ3n) is 5.78. The van der Waals surface area contributed by atoms with Crippen LogP contribution in [0.25, 0.3) is 0 Å². The minimum Gasteiger partial charge on any atom is -0.461 e. The summed E-state index contributed by atoms with van der Waals surface area (Å²) in [4.78, 5) is 11.7. The van der Waals surface area contributed by atoms with Crippen LogP contribution in [0.1, 0.15) is 91.4 Å². The predicted octanol–water partition coefficient (Wildman–Crippen LogP) is 5.91. The molecule has 1 saturated heterocycles. The SMILES string of the molecule is CC1=C2C(=O)OC[C@@H]2CO[P@](=O)(OCCCCCCCCCCC[C@H](O)CC(C)C)O1. The number of phosphoric acid groups is 1. The Kier molecular flexibility index (Phi) is 11.6. The first kappa shape index (κ1) is 26.4. The molecule has 0 spiro atoms. The molecule has 0 aromatic carbocycles. The lowest BCUT2D eigenvalue weighted by Crippen LogP contribution is -2.10. The molecule has 2 heterocycles. The van der Waals surface area contributed by atoms with Crippen LogP contribution in [0.3, 0.4) is 0 Å². The zero-order valence-corrected chi connectivity index (χ0v) is 20.4. The topological polar surface area (TPSA) is 91.3 Å². The minimum atomic E-state index is -3.67. The van der Waals surface area contributed by atoms with E-state index in [-0.39, 0.29) is 31.0 Å². The van der Waals surface area contributed by atoms with Gasteiger partial charge in [0.25, 0.3) is 0 Å². The lowest BCUT2D eigenvalue weighted by molar-refractivity contribution is -0.135. The Hall–Kier alpha value is -0.880. The lowest BCUT2D eigenvalue weighted by atomic mass is 10.00. The first-order valence-corrected chi connectivity index (χ1v) is 13.4. The average Bonchev–Trinajstić information content (AvgIpc) is 3.01. The van der Waals surface area contributed by atoms with E-state index in [0.29, 0.717) is 18.1 Å². The lowest BCUT2D eigenvalue weighted by Gasteiger charge is -2.17. The largest absolute Gasteiger partial charge is 0.529 e. The molecular weight excluding hydrogens is 419 g/mol. The Morgan fingerprint density at radius 1 is 1.03 bits per heavy atom. The van der Waals surface area contributed by atoms with Crippen LogP contribution < -0.4 is 0 Å². The number of hydrogen-bond acceptors (Lipinski definition) is 7. The molecule has 0 amide bonds. The maximum absolute atomic E-state index is 12.7. The number of fused-ring (bicyclic) bond motifs is 1. The summed E-state index contributed by atoms with van der Waals surface area (Å²) in [7, 11) is -3.67. The molecule has 0 aromatic heterocycles. The number of aliphatic hydroxyl groups is 1. The summed E-state index contributed by atoms with van der Waals surface area (Å²) in [5, 5.41) is 9.87. The highest BCUT2D eigenvalue weighted by atomic mass is 31.2. The Morgan fingerprint density at radius 2 is 1.65 bits per heavy atom. The van der Waals surface area contributed by atoms with E-state index in [0.717, 1.165) is 38.5 Å². The van der Waals surface area contributed by atoms with E-state index in [1.165, 1.54) is 32.1 Å². The Bertz CT molecular complexity index is 631. The van der Waals surface area contributed by atoms with Crippen molar-refractivity contribution in [3.05, 3.63) is 11.3 Å². The second-order valence-corrected chi connectivity index (χ2v) is 10.8. The monoisotopic (exact) mass is 460 g/mol. The smallest absolute Gasteiger partial charge is 0.461 e. The molecular formula is C23H41O7P. The highest BCUT2D eigenvalue weighted by Crippen LogP contribution is 2.54. The second kappa shape index (κ2) is 13.6. The standard InChI is InChI=1S/C23H41O7P/c1-18(2)15-21(24)13-11-9-7-5-4-6-8-10-12-14-28-31(26)29-17-20-16-27-23(25)22(20)19(3)30-31/h18,20-21,24H,4-17H2,1-3H3/t20-,21+,31+/m1/s1. The fourth-order valence-corrected chi connectivity index (χ4v) is 5.44. The Labute approximate surface area is 187 Å². The molecule has 3 atom stereocenters. The van der Waals surface area contributed by atoms with Crippen LogP contribution in [0.2, 0.25) is 0 Å². The number of hydrogen-bond donors (Lipinski definition) is 1. The number of ether oxygens (including phenoxy) is 1. The predicted molar refractivity (Wildman–Crippen MR) is 119 cm³/mol. The number of rotatable bonds is 15. The molecule has 1 fully saturated rings.